The van der Waals surface area contributed by atoms with Gasteiger partial charge in [-0.25, -0.2) is 8.42 Å². The van der Waals surface area contributed by atoms with Gasteiger partial charge in [-0.15, -0.1) is 0 Å². The third-order valence-corrected chi connectivity index (χ3v) is 5.14. The number of sulfonamides is 1. The summed E-state index contributed by atoms with van der Waals surface area (Å²) < 4.78 is 24.7. The van der Waals surface area contributed by atoms with Gasteiger partial charge >= 0.3 is 0 Å². The smallest absolute Gasteiger partial charge is 0.229 e. The van der Waals surface area contributed by atoms with Crippen molar-refractivity contribution in [3.8, 4) is 0 Å². The number of hydrogen-bond donors (Lipinski definition) is 2. The topological polar surface area (TPSA) is 75.3 Å². The number of benzene rings is 1. The molecule has 21 heavy (non-hydrogen) atoms. The van der Waals surface area contributed by atoms with Gasteiger partial charge in [0.25, 0.3) is 0 Å². The van der Waals surface area contributed by atoms with Crippen LogP contribution in [-0.2, 0) is 14.8 Å². The lowest BCUT2D eigenvalue weighted by molar-refractivity contribution is -0.121. The van der Waals surface area contributed by atoms with Crippen molar-refractivity contribution in [3.63, 3.8) is 0 Å². The Labute approximate surface area is 125 Å². The summed E-state index contributed by atoms with van der Waals surface area (Å²) in [5.41, 5.74) is 1.21. The molecular weight excluding hydrogens is 288 g/mol. The number of rotatable bonds is 4. The van der Waals surface area contributed by atoms with Gasteiger partial charge in [0, 0.05) is 17.3 Å². The Morgan fingerprint density at radius 3 is 2.29 bits per heavy atom. The average molecular weight is 308 g/mol. The monoisotopic (exact) mass is 308 g/mol. The number of hydrogen-bond acceptors (Lipinski definition) is 3. The van der Waals surface area contributed by atoms with Crippen molar-refractivity contribution in [2.45, 2.75) is 25.7 Å². The maximum absolute atomic E-state index is 12.3. The van der Waals surface area contributed by atoms with E-state index in [2.05, 4.69) is 10.0 Å². The minimum Gasteiger partial charge on any atom is -0.326 e. The molecule has 2 N–H and O–H groups in total. The van der Waals surface area contributed by atoms with Crippen LogP contribution in [-0.4, -0.2) is 20.6 Å². The molecule has 1 aromatic carbocycles. The molecular formula is C15H20N2O3S. The SMILES string of the molecule is CS(=O)(=O)Nc1ccc(NC(=O)C2CC3CCC2C3)cc1. The number of fused-ring (bicyclic) bond motifs is 2. The second-order valence-corrected chi connectivity index (χ2v) is 7.97. The van der Waals surface area contributed by atoms with Crippen LogP contribution in [0, 0.1) is 17.8 Å². The largest absolute Gasteiger partial charge is 0.326 e. The summed E-state index contributed by atoms with van der Waals surface area (Å²) in [6.45, 7) is 0. The average Bonchev–Trinajstić information content (AvgIpc) is 3.01. The van der Waals surface area contributed by atoms with Gasteiger partial charge in [-0.1, -0.05) is 6.42 Å². The van der Waals surface area contributed by atoms with E-state index >= 15 is 0 Å². The molecule has 1 amide bonds. The van der Waals surface area contributed by atoms with Gasteiger partial charge in [0.05, 0.1) is 6.26 Å². The molecule has 6 heteroatoms. The van der Waals surface area contributed by atoms with Crippen LogP contribution in [0.3, 0.4) is 0 Å². The fourth-order valence-corrected chi connectivity index (χ4v) is 4.20. The third-order valence-electron chi connectivity index (χ3n) is 4.53. The van der Waals surface area contributed by atoms with E-state index in [9.17, 15) is 13.2 Å². The second-order valence-electron chi connectivity index (χ2n) is 6.22. The zero-order chi connectivity index (χ0) is 15.0. The van der Waals surface area contributed by atoms with Crippen molar-refractivity contribution in [1.82, 2.24) is 0 Å². The lowest BCUT2D eigenvalue weighted by atomic mass is 9.88. The summed E-state index contributed by atoms with van der Waals surface area (Å²) in [5.74, 6) is 1.55. The summed E-state index contributed by atoms with van der Waals surface area (Å²) in [6.07, 6.45) is 5.79. The van der Waals surface area contributed by atoms with Crippen molar-refractivity contribution >= 4 is 27.3 Å². The first kappa shape index (κ1) is 14.4. The number of carbonyl (C=O) groups excluding carboxylic acids is 1. The van der Waals surface area contributed by atoms with E-state index < -0.39 is 10.0 Å². The molecule has 5 nitrogen and oxygen atoms in total. The van der Waals surface area contributed by atoms with Gasteiger partial charge in [0.1, 0.15) is 0 Å². The van der Waals surface area contributed by atoms with E-state index in [-0.39, 0.29) is 11.8 Å². The highest BCUT2D eigenvalue weighted by molar-refractivity contribution is 7.92. The van der Waals surface area contributed by atoms with E-state index in [1.54, 1.807) is 24.3 Å². The molecule has 0 aromatic heterocycles. The van der Waals surface area contributed by atoms with Gasteiger partial charge in [-0.3, -0.25) is 9.52 Å². The third kappa shape index (κ3) is 3.37. The number of carbonyl (C=O) groups is 1. The van der Waals surface area contributed by atoms with Crippen LogP contribution >= 0.6 is 0 Å². The minimum atomic E-state index is -3.27. The summed E-state index contributed by atoms with van der Waals surface area (Å²) in [7, 11) is -3.27. The Bertz CT molecular complexity index is 639. The quantitative estimate of drug-likeness (QED) is 0.897. The maximum Gasteiger partial charge on any atom is 0.229 e. The summed E-state index contributed by atoms with van der Waals surface area (Å²) in [4.78, 5) is 12.3. The van der Waals surface area contributed by atoms with Gasteiger partial charge < -0.3 is 5.32 Å². The Morgan fingerprint density at radius 1 is 1.10 bits per heavy atom. The van der Waals surface area contributed by atoms with Crippen LogP contribution in [0.2, 0.25) is 0 Å². The number of anilines is 2. The first-order chi connectivity index (χ1) is 9.90. The van der Waals surface area contributed by atoms with Crippen LogP contribution < -0.4 is 10.0 Å². The summed E-state index contributed by atoms with van der Waals surface area (Å²) in [5, 5.41) is 2.94. The van der Waals surface area contributed by atoms with Crippen molar-refractivity contribution in [2.75, 3.05) is 16.3 Å². The fraction of sp³-hybridized carbons (Fsp3) is 0.533. The van der Waals surface area contributed by atoms with Gasteiger partial charge in [-0.2, -0.15) is 0 Å². The molecule has 0 radical (unpaired) electrons. The Hall–Kier alpha value is -1.56. The molecule has 2 aliphatic carbocycles. The Balaban J connectivity index is 1.61. The lowest BCUT2D eigenvalue weighted by Crippen LogP contribution is -2.27. The van der Waals surface area contributed by atoms with E-state index in [1.807, 2.05) is 0 Å². The molecule has 1 aromatic rings. The van der Waals surface area contributed by atoms with Crippen LogP contribution in [0.15, 0.2) is 24.3 Å². The maximum atomic E-state index is 12.3. The first-order valence-electron chi connectivity index (χ1n) is 7.29. The Kier molecular flexibility index (Phi) is 3.65. The van der Waals surface area contributed by atoms with Crippen LogP contribution in [0.25, 0.3) is 0 Å². The molecule has 2 saturated carbocycles. The van der Waals surface area contributed by atoms with E-state index in [0.717, 1.165) is 18.6 Å². The molecule has 2 fully saturated rings. The molecule has 3 rings (SSSR count). The first-order valence-corrected chi connectivity index (χ1v) is 9.18. The van der Waals surface area contributed by atoms with Crippen molar-refractivity contribution in [2.24, 2.45) is 17.8 Å². The zero-order valence-electron chi connectivity index (χ0n) is 12.0. The summed E-state index contributed by atoms with van der Waals surface area (Å²) in [6, 6.07) is 6.74. The van der Waals surface area contributed by atoms with Gasteiger partial charge in [-0.05, 0) is 55.4 Å². The van der Waals surface area contributed by atoms with Crippen LogP contribution in [0.1, 0.15) is 25.7 Å². The second kappa shape index (κ2) is 5.33. The summed E-state index contributed by atoms with van der Waals surface area (Å²) >= 11 is 0. The van der Waals surface area contributed by atoms with E-state index in [0.29, 0.717) is 17.3 Å². The number of nitrogens with one attached hydrogen (secondary N) is 2. The van der Waals surface area contributed by atoms with Crippen LogP contribution in [0.5, 0.6) is 0 Å². The molecule has 0 heterocycles. The van der Waals surface area contributed by atoms with Crippen molar-refractivity contribution < 1.29 is 13.2 Å². The molecule has 0 aliphatic heterocycles. The minimum absolute atomic E-state index is 0.103. The van der Waals surface area contributed by atoms with Gasteiger partial charge in [0.2, 0.25) is 15.9 Å². The molecule has 0 saturated heterocycles. The highest BCUT2D eigenvalue weighted by atomic mass is 32.2. The normalized spacial score (nSPS) is 27.6. The standard InChI is InChI=1S/C15H20N2O3S/c1-21(19,20)17-13-6-4-12(5-7-13)16-15(18)14-9-10-2-3-11(14)8-10/h4-7,10-11,14,17H,2-3,8-9H2,1H3,(H,16,18). The zero-order valence-corrected chi connectivity index (χ0v) is 12.8. The lowest BCUT2D eigenvalue weighted by Gasteiger charge is -2.20. The molecule has 3 unspecified atom stereocenters. The highest BCUT2D eigenvalue weighted by Gasteiger charge is 2.42. The fourth-order valence-electron chi connectivity index (χ4n) is 3.64. The highest BCUT2D eigenvalue weighted by Crippen LogP contribution is 2.48. The predicted octanol–water partition coefficient (Wildman–Crippen LogP) is 2.43. The van der Waals surface area contributed by atoms with Gasteiger partial charge in [0.15, 0.2) is 0 Å². The van der Waals surface area contributed by atoms with E-state index in [1.165, 1.54) is 19.3 Å². The molecule has 2 aliphatic rings. The van der Waals surface area contributed by atoms with Crippen molar-refractivity contribution in [3.05, 3.63) is 24.3 Å². The van der Waals surface area contributed by atoms with Crippen molar-refractivity contribution in [1.29, 1.82) is 0 Å². The Morgan fingerprint density at radius 2 is 1.76 bits per heavy atom. The molecule has 3 atom stereocenters. The number of amides is 1. The molecule has 114 valence electrons. The predicted molar refractivity (Wildman–Crippen MR) is 82.5 cm³/mol. The molecule has 2 bridgehead atoms. The van der Waals surface area contributed by atoms with Crippen LogP contribution in [0.4, 0.5) is 11.4 Å². The molecule has 0 spiro atoms. The van der Waals surface area contributed by atoms with E-state index in [4.69, 9.17) is 0 Å².